The Morgan fingerprint density at radius 3 is 1.61 bits per heavy atom. The number of hydrogen-bond acceptors (Lipinski definition) is 6. The molecule has 0 unspecified atom stereocenters. The number of likely N-dealkylation sites (N-methyl/N-ethyl adjacent to an activating group) is 2. The molecule has 0 aromatic carbocycles. The van der Waals surface area contributed by atoms with Crippen LogP contribution in [0.1, 0.15) is 42.9 Å². The number of nitrogens with one attached hydrogen (secondary N) is 2. The van der Waals surface area contributed by atoms with E-state index in [2.05, 4.69) is 10.6 Å². The highest BCUT2D eigenvalue weighted by Gasteiger charge is 2.38. The topological polar surface area (TPSA) is 91.0 Å². The van der Waals surface area contributed by atoms with Crippen LogP contribution >= 0.6 is 0 Å². The standard InChI is InChI=1S/C23H34N4O4/c1-26(2)18(20-10-6-12-30-20)14-24-22(28)16-8-5-9-17(16)23(29)25-15-19(27(3)4)21-11-7-13-31-21/h6-7,10-13,16-19H,5,8-9,14-15H2,1-4H3,(H,24,28)(H,25,29)/t16-,17-,18-,19-/m1/s1. The van der Waals surface area contributed by atoms with E-state index in [9.17, 15) is 9.59 Å². The summed E-state index contributed by atoms with van der Waals surface area (Å²) in [6.07, 6.45) is 5.60. The highest BCUT2D eigenvalue weighted by molar-refractivity contribution is 5.88. The van der Waals surface area contributed by atoms with Crippen molar-refractivity contribution < 1.29 is 18.4 Å². The molecule has 2 heterocycles. The van der Waals surface area contributed by atoms with Gasteiger partial charge in [-0.15, -0.1) is 0 Å². The molecule has 1 saturated carbocycles. The first-order valence-corrected chi connectivity index (χ1v) is 10.8. The average molecular weight is 431 g/mol. The molecular weight excluding hydrogens is 396 g/mol. The summed E-state index contributed by atoms with van der Waals surface area (Å²) in [6, 6.07) is 7.39. The van der Waals surface area contributed by atoms with Gasteiger partial charge >= 0.3 is 0 Å². The van der Waals surface area contributed by atoms with E-state index in [1.165, 1.54) is 0 Å². The minimum Gasteiger partial charge on any atom is -0.468 e. The molecule has 2 N–H and O–H groups in total. The fourth-order valence-corrected chi connectivity index (χ4v) is 4.28. The Bertz CT molecular complexity index is 749. The van der Waals surface area contributed by atoms with E-state index in [1.807, 2.05) is 62.3 Å². The fourth-order valence-electron chi connectivity index (χ4n) is 4.28. The third-order valence-corrected chi connectivity index (χ3v) is 6.12. The van der Waals surface area contributed by atoms with Gasteiger partial charge in [-0.05, 0) is 65.3 Å². The van der Waals surface area contributed by atoms with E-state index in [0.29, 0.717) is 13.1 Å². The highest BCUT2D eigenvalue weighted by atomic mass is 16.3. The summed E-state index contributed by atoms with van der Waals surface area (Å²) in [4.78, 5) is 29.9. The van der Waals surface area contributed by atoms with Crippen molar-refractivity contribution in [1.29, 1.82) is 0 Å². The summed E-state index contributed by atoms with van der Waals surface area (Å²) in [5.74, 6) is 0.872. The second kappa shape index (κ2) is 10.6. The van der Waals surface area contributed by atoms with Gasteiger partial charge in [0, 0.05) is 24.9 Å². The van der Waals surface area contributed by atoms with Crippen molar-refractivity contribution in [3.63, 3.8) is 0 Å². The number of rotatable bonds is 10. The van der Waals surface area contributed by atoms with Crippen LogP contribution in [-0.4, -0.2) is 62.9 Å². The molecule has 0 aliphatic heterocycles. The van der Waals surface area contributed by atoms with Crippen molar-refractivity contribution in [1.82, 2.24) is 20.4 Å². The quantitative estimate of drug-likeness (QED) is 0.602. The highest BCUT2D eigenvalue weighted by Crippen LogP contribution is 2.32. The van der Waals surface area contributed by atoms with Crippen LogP contribution in [0.4, 0.5) is 0 Å². The molecule has 0 radical (unpaired) electrons. The van der Waals surface area contributed by atoms with Crippen molar-refractivity contribution >= 4 is 11.8 Å². The number of carbonyl (C=O) groups excluding carboxylic acids is 2. The molecule has 3 rings (SSSR count). The van der Waals surface area contributed by atoms with Crippen molar-refractivity contribution in [2.24, 2.45) is 11.8 Å². The first kappa shape index (κ1) is 23.1. The molecule has 2 amide bonds. The summed E-state index contributed by atoms with van der Waals surface area (Å²) in [6.45, 7) is 0.872. The van der Waals surface area contributed by atoms with Crippen LogP contribution in [0.25, 0.3) is 0 Å². The summed E-state index contributed by atoms with van der Waals surface area (Å²) < 4.78 is 11.0. The SMILES string of the molecule is CN(C)[C@H](CNC(=O)[C@@H]1CCC[C@H]1C(=O)NC[C@H](c1ccco1)N(C)C)c1ccco1. The van der Waals surface area contributed by atoms with Gasteiger partial charge in [-0.3, -0.25) is 19.4 Å². The number of carbonyl (C=O) groups is 2. The predicted octanol–water partition coefficient (Wildman–Crippen LogP) is 2.43. The van der Waals surface area contributed by atoms with Gasteiger partial charge in [0.05, 0.1) is 24.6 Å². The van der Waals surface area contributed by atoms with E-state index in [4.69, 9.17) is 8.83 Å². The molecule has 2 aromatic heterocycles. The zero-order chi connectivity index (χ0) is 22.4. The van der Waals surface area contributed by atoms with Gasteiger partial charge in [0.25, 0.3) is 0 Å². The van der Waals surface area contributed by atoms with Gasteiger partial charge in [0.15, 0.2) is 0 Å². The molecule has 31 heavy (non-hydrogen) atoms. The summed E-state index contributed by atoms with van der Waals surface area (Å²) in [5, 5.41) is 6.08. The lowest BCUT2D eigenvalue weighted by Crippen LogP contribution is -2.43. The lowest BCUT2D eigenvalue weighted by molar-refractivity contribution is -0.133. The smallest absolute Gasteiger partial charge is 0.223 e. The van der Waals surface area contributed by atoms with E-state index in [-0.39, 0.29) is 35.7 Å². The molecule has 1 aliphatic carbocycles. The summed E-state index contributed by atoms with van der Waals surface area (Å²) in [7, 11) is 7.80. The first-order chi connectivity index (χ1) is 14.9. The van der Waals surface area contributed by atoms with Crippen LogP contribution in [-0.2, 0) is 9.59 Å². The molecule has 0 saturated heterocycles. The zero-order valence-electron chi connectivity index (χ0n) is 18.8. The molecule has 1 aliphatic rings. The Balaban J connectivity index is 1.55. The Labute approximate surface area is 183 Å². The Hall–Kier alpha value is -2.58. The summed E-state index contributed by atoms with van der Waals surface area (Å²) >= 11 is 0. The summed E-state index contributed by atoms with van der Waals surface area (Å²) in [5.41, 5.74) is 0. The third-order valence-electron chi connectivity index (χ3n) is 6.12. The molecular formula is C23H34N4O4. The Kier molecular flexibility index (Phi) is 7.92. The molecule has 0 spiro atoms. The number of amides is 2. The minimum absolute atomic E-state index is 0.0539. The van der Waals surface area contributed by atoms with Crippen molar-refractivity contribution in [2.75, 3.05) is 41.3 Å². The molecule has 0 bridgehead atoms. The van der Waals surface area contributed by atoms with Gasteiger partial charge in [-0.2, -0.15) is 0 Å². The van der Waals surface area contributed by atoms with Crippen LogP contribution in [0.2, 0.25) is 0 Å². The number of nitrogens with zero attached hydrogens (tertiary/aromatic N) is 2. The maximum atomic E-state index is 12.9. The van der Waals surface area contributed by atoms with E-state index < -0.39 is 0 Å². The second-order valence-electron chi connectivity index (χ2n) is 8.62. The molecule has 170 valence electrons. The van der Waals surface area contributed by atoms with E-state index >= 15 is 0 Å². The Morgan fingerprint density at radius 1 is 0.871 bits per heavy atom. The van der Waals surface area contributed by atoms with Gasteiger partial charge in [0.2, 0.25) is 11.8 Å². The van der Waals surface area contributed by atoms with Crippen molar-refractivity contribution in [3.05, 3.63) is 48.3 Å². The fraction of sp³-hybridized carbons (Fsp3) is 0.565. The van der Waals surface area contributed by atoms with Crippen molar-refractivity contribution in [3.8, 4) is 0 Å². The van der Waals surface area contributed by atoms with E-state index in [0.717, 1.165) is 30.8 Å². The molecule has 8 heteroatoms. The first-order valence-electron chi connectivity index (χ1n) is 10.8. The molecule has 1 fully saturated rings. The monoisotopic (exact) mass is 430 g/mol. The van der Waals surface area contributed by atoms with Crippen LogP contribution < -0.4 is 10.6 Å². The zero-order valence-corrected chi connectivity index (χ0v) is 18.8. The number of hydrogen-bond donors (Lipinski definition) is 2. The maximum Gasteiger partial charge on any atom is 0.223 e. The lowest BCUT2D eigenvalue weighted by Gasteiger charge is -2.26. The van der Waals surface area contributed by atoms with Gasteiger partial charge in [0.1, 0.15) is 11.5 Å². The molecule has 2 aromatic rings. The van der Waals surface area contributed by atoms with Crippen LogP contribution in [0.15, 0.2) is 45.6 Å². The van der Waals surface area contributed by atoms with Crippen LogP contribution in [0.3, 0.4) is 0 Å². The van der Waals surface area contributed by atoms with Crippen molar-refractivity contribution in [2.45, 2.75) is 31.3 Å². The average Bonchev–Trinajstić information content (AvgIpc) is 3.49. The third kappa shape index (κ3) is 5.77. The van der Waals surface area contributed by atoms with Gasteiger partial charge in [-0.1, -0.05) is 6.42 Å². The second-order valence-corrected chi connectivity index (χ2v) is 8.62. The normalized spacial score (nSPS) is 20.7. The predicted molar refractivity (Wildman–Crippen MR) is 117 cm³/mol. The van der Waals surface area contributed by atoms with Gasteiger partial charge < -0.3 is 19.5 Å². The largest absolute Gasteiger partial charge is 0.468 e. The molecule has 8 nitrogen and oxygen atoms in total. The van der Waals surface area contributed by atoms with Crippen LogP contribution in [0, 0.1) is 11.8 Å². The minimum atomic E-state index is -0.305. The number of furan rings is 2. The van der Waals surface area contributed by atoms with Gasteiger partial charge in [-0.25, -0.2) is 0 Å². The molecule has 4 atom stereocenters. The maximum absolute atomic E-state index is 12.9. The lowest BCUT2D eigenvalue weighted by atomic mass is 9.94. The van der Waals surface area contributed by atoms with E-state index in [1.54, 1.807) is 12.5 Å². The van der Waals surface area contributed by atoms with Crippen LogP contribution in [0.5, 0.6) is 0 Å². The Morgan fingerprint density at radius 2 is 1.29 bits per heavy atom.